The molecule has 0 spiro atoms. The molecule has 2 rings (SSSR count). The first kappa shape index (κ1) is 10.7. The fourth-order valence-electron chi connectivity index (χ4n) is 1.57. The largest absolute Gasteiger partial charge is 0.379 e. The van der Waals surface area contributed by atoms with E-state index in [0.29, 0.717) is 6.54 Å². The summed E-state index contributed by atoms with van der Waals surface area (Å²) < 4.78 is 14.6. The standard InChI is InChI=1S/C12H14FN3/c1-9-7-10(13)3-4-12(9)14-8-11-5-6-16(2)15-11/h3-7,14H,8H2,1-2H3. The van der Waals surface area contributed by atoms with E-state index in [-0.39, 0.29) is 5.82 Å². The first-order valence-corrected chi connectivity index (χ1v) is 5.14. The van der Waals surface area contributed by atoms with Gasteiger partial charge in [-0.3, -0.25) is 4.68 Å². The number of hydrogen-bond donors (Lipinski definition) is 1. The number of halogens is 1. The third kappa shape index (κ3) is 2.39. The number of aryl methyl sites for hydroxylation is 2. The Bertz CT molecular complexity index is 491. The van der Waals surface area contributed by atoms with Crippen LogP contribution in [0.25, 0.3) is 0 Å². The zero-order valence-corrected chi connectivity index (χ0v) is 9.37. The van der Waals surface area contributed by atoms with Crippen LogP contribution in [-0.4, -0.2) is 9.78 Å². The number of anilines is 1. The molecular weight excluding hydrogens is 205 g/mol. The van der Waals surface area contributed by atoms with Gasteiger partial charge in [-0.1, -0.05) is 0 Å². The van der Waals surface area contributed by atoms with E-state index in [1.165, 1.54) is 12.1 Å². The Morgan fingerprint density at radius 3 is 2.81 bits per heavy atom. The monoisotopic (exact) mass is 219 g/mol. The summed E-state index contributed by atoms with van der Waals surface area (Å²) in [5.41, 5.74) is 2.80. The normalized spacial score (nSPS) is 10.4. The Labute approximate surface area is 93.9 Å². The lowest BCUT2D eigenvalue weighted by Crippen LogP contribution is -2.02. The molecule has 0 aliphatic carbocycles. The Balaban J connectivity index is 2.04. The van der Waals surface area contributed by atoms with Crippen LogP contribution in [0.3, 0.4) is 0 Å². The Kier molecular flexibility index (Phi) is 2.90. The van der Waals surface area contributed by atoms with Crippen molar-refractivity contribution in [2.45, 2.75) is 13.5 Å². The summed E-state index contributed by atoms with van der Waals surface area (Å²) in [7, 11) is 1.88. The Morgan fingerprint density at radius 2 is 2.19 bits per heavy atom. The highest BCUT2D eigenvalue weighted by Crippen LogP contribution is 2.16. The maximum Gasteiger partial charge on any atom is 0.123 e. The highest BCUT2D eigenvalue weighted by atomic mass is 19.1. The average Bonchev–Trinajstić information content (AvgIpc) is 2.63. The lowest BCUT2D eigenvalue weighted by atomic mass is 10.2. The van der Waals surface area contributed by atoms with Gasteiger partial charge in [0.1, 0.15) is 5.82 Å². The predicted molar refractivity (Wildman–Crippen MR) is 61.7 cm³/mol. The van der Waals surface area contributed by atoms with Crippen molar-refractivity contribution in [1.82, 2.24) is 9.78 Å². The summed E-state index contributed by atoms with van der Waals surface area (Å²) >= 11 is 0. The number of hydrogen-bond acceptors (Lipinski definition) is 2. The van der Waals surface area contributed by atoms with Crippen LogP contribution in [0.1, 0.15) is 11.3 Å². The summed E-state index contributed by atoms with van der Waals surface area (Å²) in [5, 5.41) is 7.48. The third-order valence-corrected chi connectivity index (χ3v) is 2.42. The molecule has 0 atom stereocenters. The van der Waals surface area contributed by atoms with Gasteiger partial charge in [0, 0.05) is 18.9 Å². The molecule has 0 amide bonds. The van der Waals surface area contributed by atoms with Crippen molar-refractivity contribution in [3.05, 3.63) is 47.5 Å². The second kappa shape index (κ2) is 4.35. The SMILES string of the molecule is Cc1cc(F)ccc1NCc1ccn(C)n1. The lowest BCUT2D eigenvalue weighted by Gasteiger charge is -2.07. The van der Waals surface area contributed by atoms with Gasteiger partial charge in [0.2, 0.25) is 0 Å². The van der Waals surface area contributed by atoms with E-state index in [9.17, 15) is 4.39 Å². The number of rotatable bonds is 3. The van der Waals surface area contributed by atoms with Crippen molar-refractivity contribution in [3.63, 3.8) is 0 Å². The van der Waals surface area contributed by atoms with Crippen molar-refractivity contribution in [1.29, 1.82) is 0 Å². The summed E-state index contributed by atoms with van der Waals surface area (Å²) in [4.78, 5) is 0. The molecule has 0 saturated heterocycles. The van der Waals surface area contributed by atoms with Crippen LogP contribution >= 0.6 is 0 Å². The number of nitrogens with zero attached hydrogens (tertiary/aromatic N) is 2. The average molecular weight is 219 g/mol. The van der Waals surface area contributed by atoms with Crippen molar-refractivity contribution >= 4 is 5.69 Å². The summed E-state index contributed by atoms with van der Waals surface area (Å²) in [6, 6.07) is 6.66. The molecule has 0 bridgehead atoms. The molecule has 1 heterocycles. The fraction of sp³-hybridized carbons (Fsp3) is 0.250. The molecule has 0 unspecified atom stereocenters. The molecule has 1 aromatic heterocycles. The van der Waals surface area contributed by atoms with E-state index in [1.807, 2.05) is 26.2 Å². The zero-order valence-electron chi connectivity index (χ0n) is 9.37. The summed E-state index contributed by atoms with van der Waals surface area (Å²) in [6.45, 7) is 2.52. The highest BCUT2D eigenvalue weighted by molar-refractivity contribution is 5.50. The first-order chi connectivity index (χ1) is 7.65. The molecule has 0 aliphatic rings. The highest BCUT2D eigenvalue weighted by Gasteiger charge is 2.01. The van der Waals surface area contributed by atoms with Gasteiger partial charge in [-0.2, -0.15) is 5.10 Å². The summed E-state index contributed by atoms with van der Waals surface area (Å²) in [5.74, 6) is -0.208. The lowest BCUT2D eigenvalue weighted by molar-refractivity contribution is 0.627. The van der Waals surface area contributed by atoms with Gasteiger partial charge in [0.25, 0.3) is 0 Å². The van der Waals surface area contributed by atoms with Gasteiger partial charge in [0.15, 0.2) is 0 Å². The van der Waals surface area contributed by atoms with Crippen LogP contribution in [-0.2, 0) is 13.6 Å². The Hall–Kier alpha value is -1.84. The molecule has 1 N–H and O–H groups in total. The Morgan fingerprint density at radius 1 is 1.38 bits per heavy atom. The van der Waals surface area contributed by atoms with Crippen molar-refractivity contribution in [2.75, 3.05) is 5.32 Å². The number of benzene rings is 1. The van der Waals surface area contributed by atoms with Gasteiger partial charge in [-0.25, -0.2) is 4.39 Å². The molecule has 0 radical (unpaired) electrons. The topological polar surface area (TPSA) is 29.9 Å². The molecule has 84 valence electrons. The second-order valence-electron chi connectivity index (χ2n) is 3.79. The van der Waals surface area contributed by atoms with Gasteiger partial charge in [0.05, 0.1) is 12.2 Å². The van der Waals surface area contributed by atoms with E-state index in [0.717, 1.165) is 16.9 Å². The zero-order chi connectivity index (χ0) is 11.5. The van der Waals surface area contributed by atoms with E-state index >= 15 is 0 Å². The molecule has 2 aromatic rings. The third-order valence-electron chi connectivity index (χ3n) is 2.42. The van der Waals surface area contributed by atoms with Gasteiger partial charge >= 0.3 is 0 Å². The van der Waals surface area contributed by atoms with E-state index < -0.39 is 0 Å². The molecule has 16 heavy (non-hydrogen) atoms. The van der Waals surface area contributed by atoms with E-state index in [1.54, 1.807) is 10.7 Å². The van der Waals surface area contributed by atoms with E-state index in [4.69, 9.17) is 0 Å². The molecule has 4 heteroatoms. The smallest absolute Gasteiger partial charge is 0.123 e. The minimum atomic E-state index is -0.208. The second-order valence-corrected chi connectivity index (χ2v) is 3.79. The van der Waals surface area contributed by atoms with Crippen LogP contribution in [0.15, 0.2) is 30.5 Å². The van der Waals surface area contributed by atoms with Crippen molar-refractivity contribution < 1.29 is 4.39 Å². The summed E-state index contributed by atoms with van der Waals surface area (Å²) in [6.07, 6.45) is 1.90. The van der Waals surface area contributed by atoms with Crippen LogP contribution in [0.2, 0.25) is 0 Å². The van der Waals surface area contributed by atoms with Crippen molar-refractivity contribution in [3.8, 4) is 0 Å². The number of aromatic nitrogens is 2. The van der Waals surface area contributed by atoms with Gasteiger partial charge in [-0.05, 0) is 36.8 Å². The predicted octanol–water partition coefficient (Wildman–Crippen LogP) is 2.48. The van der Waals surface area contributed by atoms with Crippen LogP contribution in [0.4, 0.5) is 10.1 Å². The molecule has 0 fully saturated rings. The quantitative estimate of drug-likeness (QED) is 0.859. The molecule has 3 nitrogen and oxygen atoms in total. The molecule has 1 aromatic carbocycles. The maximum absolute atomic E-state index is 12.9. The fourth-order valence-corrected chi connectivity index (χ4v) is 1.57. The van der Waals surface area contributed by atoms with Gasteiger partial charge < -0.3 is 5.32 Å². The van der Waals surface area contributed by atoms with Crippen molar-refractivity contribution in [2.24, 2.45) is 7.05 Å². The first-order valence-electron chi connectivity index (χ1n) is 5.14. The molecule has 0 saturated carbocycles. The number of nitrogens with one attached hydrogen (secondary N) is 1. The van der Waals surface area contributed by atoms with Gasteiger partial charge in [-0.15, -0.1) is 0 Å². The van der Waals surface area contributed by atoms with Crippen LogP contribution < -0.4 is 5.32 Å². The molecular formula is C12H14FN3. The van der Waals surface area contributed by atoms with Crippen LogP contribution in [0.5, 0.6) is 0 Å². The minimum Gasteiger partial charge on any atom is -0.379 e. The van der Waals surface area contributed by atoms with Crippen LogP contribution in [0, 0.1) is 12.7 Å². The maximum atomic E-state index is 12.9. The minimum absolute atomic E-state index is 0.208. The molecule has 0 aliphatic heterocycles. The van der Waals surface area contributed by atoms with E-state index in [2.05, 4.69) is 10.4 Å².